The predicted octanol–water partition coefficient (Wildman–Crippen LogP) is 5.17. The number of ether oxygens (including phenoxy) is 1. The van der Waals surface area contributed by atoms with Crippen LogP contribution in [0.1, 0.15) is 34.6 Å². The summed E-state index contributed by atoms with van der Waals surface area (Å²) < 4.78 is 19.3. The average Bonchev–Trinajstić information content (AvgIpc) is 3.13. The largest absolute Gasteiger partial charge is 0.449 e. The normalized spacial score (nSPS) is 11.5. The van der Waals surface area contributed by atoms with Crippen LogP contribution in [0.4, 0.5) is 9.18 Å². The van der Waals surface area contributed by atoms with Crippen LogP contribution in [0, 0.1) is 29.0 Å². The van der Waals surface area contributed by atoms with Gasteiger partial charge in [0, 0.05) is 30.0 Å². The molecule has 5 heteroatoms. The molecule has 0 radical (unpaired) electrons. The van der Waals surface area contributed by atoms with Crippen LogP contribution in [0.5, 0.6) is 0 Å². The second-order valence-corrected chi connectivity index (χ2v) is 7.45. The number of fused-ring (bicyclic) bond motifs is 3. The fraction of sp³-hybridized carbons (Fsp3) is 0.185. The Balaban J connectivity index is 1.27. The fourth-order valence-electron chi connectivity index (χ4n) is 3.89. The molecule has 1 aliphatic carbocycles. The van der Waals surface area contributed by atoms with Gasteiger partial charge in [0.05, 0.1) is 12.5 Å². The van der Waals surface area contributed by atoms with Crippen LogP contribution in [-0.2, 0) is 11.2 Å². The molecule has 0 heterocycles. The van der Waals surface area contributed by atoms with Crippen molar-refractivity contribution < 1.29 is 13.9 Å². The maximum Gasteiger partial charge on any atom is 0.407 e. The number of amides is 1. The summed E-state index contributed by atoms with van der Waals surface area (Å²) in [7, 11) is 0. The first-order chi connectivity index (χ1) is 15.7. The number of hydrogen-bond donors (Lipinski definition) is 1. The number of nitrogens with zero attached hydrogens (tertiary/aromatic N) is 1. The van der Waals surface area contributed by atoms with Crippen molar-refractivity contribution in [2.24, 2.45) is 0 Å². The van der Waals surface area contributed by atoms with Gasteiger partial charge >= 0.3 is 6.09 Å². The summed E-state index contributed by atoms with van der Waals surface area (Å²) in [6.07, 6.45) is -0.0457. The zero-order valence-electron chi connectivity index (χ0n) is 17.4. The minimum absolute atomic E-state index is 0.0202. The minimum atomic E-state index is -0.486. The lowest BCUT2D eigenvalue weighted by Crippen LogP contribution is -2.26. The lowest BCUT2D eigenvalue weighted by Gasteiger charge is -2.14. The molecule has 3 aromatic carbocycles. The molecule has 0 saturated heterocycles. The third-order valence-electron chi connectivity index (χ3n) is 5.42. The van der Waals surface area contributed by atoms with E-state index in [0.717, 1.165) is 0 Å². The summed E-state index contributed by atoms with van der Waals surface area (Å²) in [6, 6.07) is 22.9. The molecular weight excluding hydrogens is 403 g/mol. The van der Waals surface area contributed by atoms with Gasteiger partial charge in [-0.2, -0.15) is 5.26 Å². The zero-order valence-corrected chi connectivity index (χ0v) is 17.4. The van der Waals surface area contributed by atoms with E-state index in [1.54, 1.807) is 12.1 Å². The lowest BCUT2D eigenvalue weighted by atomic mass is 9.98. The number of benzene rings is 3. The van der Waals surface area contributed by atoms with E-state index in [2.05, 4.69) is 41.4 Å². The number of carbonyl (C=O) groups excluding carboxylic acids is 1. The smallest absolute Gasteiger partial charge is 0.407 e. The number of hydrogen-bond acceptors (Lipinski definition) is 3. The van der Waals surface area contributed by atoms with Gasteiger partial charge in [-0.05, 0) is 34.4 Å². The van der Waals surface area contributed by atoms with Gasteiger partial charge in [0.2, 0.25) is 0 Å². The first kappa shape index (κ1) is 21.2. The second kappa shape index (κ2) is 9.81. The van der Waals surface area contributed by atoms with Crippen molar-refractivity contribution in [1.29, 1.82) is 5.26 Å². The maximum atomic E-state index is 13.8. The van der Waals surface area contributed by atoms with E-state index in [9.17, 15) is 9.18 Å². The van der Waals surface area contributed by atoms with E-state index in [4.69, 9.17) is 10.00 Å². The van der Waals surface area contributed by atoms with Crippen LogP contribution in [0.25, 0.3) is 11.1 Å². The molecule has 0 fully saturated rings. The van der Waals surface area contributed by atoms with E-state index >= 15 is 0 Å². The summed E-state index contributed by atoms with van der Waals surface area (Å²) in [5.74, 6) is 5.35. The molecule has 1 N–H and O–H groups in total. The minimum Gasteiger partial charge on any atom is -0.449 e. The zero-order chi connectivity index (χ0) is 22.3. The van der Waals surface area contributed by atoms with Gasteiger partial charge in [-0.1, -0.05) is 66.4 Å². The first-order valence-electron chi connectivity index (χ1n) is 10.4. The maximum absolute atomic E-state index is 13.8. The number of carbonyl (C=O) groups is 1. The number of halogens is 1. The predicted molar refractivity (Wildman–Crippen MR) is 120 cm³/mol. The van der Waals surface area contributed by atoms with Crippen molar-refractivity contribution in [1.82, 2.24) is 5.32 Å². The van der Waals surface area contributed by atoms with E-state index in [0.29, 0.717) is 24.1 Å². The number of nitrogens with one attached hydrogen (secondary N) is 1. The Bertz CT molecular complexity index is 1200. The third-order valence-corrected chi connectivity index (χ3v) is 5.42. The van der Waals surface area contributed by atoms with Crippen molar-refractivity contribution in [2.75, 3.05) is 13.2 Å². The van der Waals surface area contributed by atoms with E-state index in [-0.39, 0.29) is 18.9 Å². The highest BCUT2D eigenvalue weighted by atomic mass is 19.1. The van der Waals surface area contributed by atoms with Gasteiger partial charge in [-0.25, -0.2) is 9.18 Å². The fourth-order valence-corrected chi connectivity index (χ4v) is 3.89. The molecular formula is C27H21FN2O2. The Kier molecular flexibility index (Phi) is 6.49. The molecule has 0 bridgehead atoms. The Hall–Kier alpha value is -4.09. The average molecular weight is 424 g/mol. The molecule has 4 rings (SSSR count). The molecule has 0 saturated carbocycles. The number of nitriles is 1. The van der Waals surface area contributed by atoms with Crippen LogP contribution in [0.3, 0.4) is 0 Å². The molecule has 0 unspecified atom stereocenters. The number of rotatable bonds is 5. The molecule has 0 spiro atoms. The van der Waals surface area contributed by atoms with Gasteiger partial charge in [0.15, 0.2) is 0 Å². The van der Waals surface area contributed by atoms with Crippen molar-refractivity contribution in [3.05, 3.63) is 94.8 Å². The van der Waals surface area contributed by atoms with Crippen LogP contribution >= 0.6 is 0 Å². The van der Waals surface area contributed by atoms with Gasteiger partial charge in [0.1, 0.15) is 12.4 Å². The Morgan fingerprint density at radius 2 is 1.72 bits per heavy atom. The van der Waals surface area contributed by atoms with Gasteiger partial charge in [-0.3, -0.25) is 0 Å². The summed E-state index contributed by atoms with van der Waals surface area (Å²) >= 11 is 0. The number of alkyl carbamates (subject to hydrolysis) is 1. The molecule has 0 aromatic heterocycles. The molecule has 4 nitrogen and oxygen atoms in total. The molecule has 158 valence electrons. The van der Waals surface area contributed by atoms with E-state index in [1.165, 1.54) is 28.3 Å². The summed E-state index contributed by atoms with van der Waals surface area (Å²) in [5.41, 5.74) is 5.59. The molecule has 0 atom stereocenters. The Morgan fingerprint density at radius 1 is 1.03 bits per heavy atom. The lowest BCUT2D eigenvalue weighted by molar-refractivity contribution is 0.143. The first-order valence-corrected chi connectivity index (χ1v) is 10.4. The van der Waals surface area contributed by atoms with Crippen LogP contribution in [-0.4, -0.2) is 19.2 Å². The highest BCUT2D eigenvalue weighted by Crippen LogP contribution is 2.44. The Labute approximate surface area is 186 Å². The van der Waals surface area contributed by atoms with Crippen LogP contribution < -0.4 is 5.32 Å². The highest BCUT2D eigenvalue weighted by molar-refractivity contribution is 5.79. The topological polar surface area (TPSA) is 62.1 Å². The van der Waals surface area contributed by atoms with E-state index in [1.807, 2.05) is 30.3 Å². The monoisotopic (exact) mass is 424 g/mol. The molecule has 1 aliphatic rings. The van der Waals surface area contributed by atoms with Crippen LogP contribution in [0.2, 0.25) is 0 Å². The highest BCUT2D eigenvalue weighted by Gasteiger charge is 2.28. The second-order valence-electron chi connectivity index (χ2n) is 7.45. The Morgan fingerprint density at radius 3 is 2.38 bits per heavy atom. The summed E-state index contributed by atoms with van der Waals surface area (Å²) in [6.45, 7) is 0.596. The third kappa shape index (κ3) is 4.63. The van der Waals surface area contributed by atoms with Gasteiger partial charge < -0.3 is 10.1 Å². The summed E-state index contributed by atoms with van der Waals surface area (Å²) in [4.78, 5) is 12.1. The molecule has 1 amide bonds. The van der Waals surface area contributed by atoms with Gasteiger partial charge in [-0.15, -0.1) is 0 Å². The van der Waals surface area contributed by atoms with Crippen molar-refractivity contribution >= 4 is 6.09 Å². The van der Waals surface area contributed by atoms with Crippen molar-refractivity contribution in [3.8, 4) is 29.0 Å². The standard InChI is InChI=1S/C27H21FN2O2/c28-26-17-19(12-13-20(26)14-15-29)7-5-6-16-30-27(31)32-18-25-23-10-3-1-8-21(23)22-9-2-4-11-24(22)25/h1-4,8-13,17,25H,6,14,16,18H2,(H,30,31). The van der Waals surface area contributed by atoms with Crippen molar-refractivity contribution in [2.45, 2.75) is 18.8 Å². The molecule has 0 aliphatic heterocycles. The van der Waals surface area contributed by atoms with E-state index < -0.39 is 11.9 Å². The van der Waals surface area contributed by atoms with Gasteiger partial charge in [0.25, 0.3) is 0 Å². The molecule has 3 aromatic rings. The summed E-state index contributed by atoms with van der Waals surface area (Å²) in [5, 5.41) is 11.4. The van der Waals surface area contributed by atoms with Crippen LogP contribution in [0.15, 0.2) is 66.7 Å². The quantitative estimate of drug-likeness (QED) is 0.454. The molecule has 32 heavy (non-hydrogen) atoms. The SMILES string of the molecule is N#CCc1ccc(C#CCCNC(=O)OCC2c3ccccc3-c3ccccc32)cc1F. The van der Waals surface area contributed by atoms with Crippen molar-refractivity contribution in [3.63, 3.8) is 0 Å².